The molecule has 0 N–H and O–H groups in total. The first-order chi connectivity index (χ1) is 15.2. The SMILES string of the molecule is Cc1ccc(N2CCN(C(=O)C[C@@]3(c4ccccc4Cl)CC(=O)N(C)C3=O)CC2)c(C)c1. The lowest BCUT2D eigenvalue weighted by Crippen LogP contribution is -2.51. The van der Waals surface area contributed by atoms with E-state index < -0.39 is 5.41 Å². The quantitative estimate of drug-likeness (QED) is 0.666. The summed E-state index contributed by atoms with van der Waals surface area (Å²) in [7, 11) is 1.47. The highest BCUT2D eigenvalue weighted by molar-refractivity contribution is 6.32. The van der Waals surface area contributed by atoms with E-state index >= 15 is 0 Å². The molecule has 0 aliphatic carbocycles. The fourth-order valence-corrected chi connectivity index (χ4v) is 5.22. The van der Waals surface area contributed by atoms with Crippen molar-refractivity contribution < 1.29 is 14.4 Å². The van der Waals surface area contributed by atoms with E-state index in [9.17, 15) is 14.4 Å². The van der Waals surface area contributed by atoms with Gasteiger partial charge in [0.25, 0.3) is 0 Å². The van der Waals surface area contributed by atoms with E-state index in [1.807, 2.05) is 0 Å². The molecule has 4 rings (SSSR count). The van der Waals surface area contributed by atoms with Gasteiger partial charge in [-0.25, -0.2) is 0 Å². The topological polar surface area (TPSA) is 60.9 Å². The highest BCUT2D eigenvalue weighted by Crippen LogP contribution is 2.42. The summed E-state index contributed by atoms with van der Waals surface area (Å²) in [6, 6.07) is 13.4. The zero-order valence-electron chi connectivity index (χ0n) is 18.7. The minimum absolute atomic E-state index is 0.0413. The van der Waals surface area contributed by atoms with Gasteiger partial charge < -0.3 is 9.80 Å². The standard InChI is InChI=1S/C25H28ClN3O3/c1-17-8-9-21(18(2)14-17)28-10-12-29(13-11-28)23(31)16-25(15-22(30)27(3)24(25)32)19-6-4-5-7-20(19)26/h4-9,14H,10-13,15-16H2,1-3H3/t25-/m1/s1. The first-order valence-corrected chi connectivity index (χ1v) is 11.3. The number of rotatable bonds is 4. The number of carbonyl (C=O) groups excluding carboxylic acids is 3. The molecule has 2 saturated heterocycles. The molecule has 0 saturated carbocycles. The Morgan fingerprint density at radius 3 is 2.31 bits per heavy atom. The van der Waals surface area contributed by atoms with Gasteiger partial charge in [-0.1, -0.05) is 47.5 Å². The van der Waals surface area contributed by atoms with Crippen molar-refractivity contribution in [2.24, 2.45) is 0 Å². The molecule has 32 heavy (non-hydrogen) atoms. The van der Waals surface area contributed by atoms with Crippen molar-refractivity contribution in [2.75, 3.05) is 38.1 Å². The van der Waals surface area contributed by atoms with E-state index in [1.54, 1.807) is 29.2 Å². The van der Waals surface area contributed by atoms with Gasteiger partial charge in [0.1, 0.15) is 0 Å². The summed E-state index contributed by atoms with van der Waals surface area (Å²) in [5, 5.41) is 0.399. The van der Waals surface area contributed by atoms with Gasteiger partial charge in [0.2, 0.25) is 17.7 Å². The van der Waals surface area contributed by atoms with Crippen molar-refractivity contribution in [1.82, 2.24) is 9.80 Å². The van der Waals surface area contributed by atoms with E-state index in [0.29, 0.717) is 23.7 Å². The maximum Gasteiger partial charge on any atom is 0.240 e. The second kappa shape index (κ2) is 8.58. The number of halogens is 1. The van der Waals surface area contributed by atoms with Crippen LogP contribution in [0.15, 0.2) is 42.5 Å². The van der Waals surface area contributed by atoms with Gasteiger partial charge in [-0.05, 0) is 37.1 Å². The Bertz CT molecular complexity index is 1080. The number of benzene rings is 2. The molecule has 2 heterocycles. The number of nitrogens with zero attached hydrogens (tertiary/aromatic N) is 3. The van der Waals surface area contributed by atoms with Crippen molar-refractivity contribution in [1.29, 1.82) is 0 Å². The second-order valence-corrected chi connectivity index (χ2v) is 9.24. The van der Waals surface area contributed by atoms with Gasteiger partial charge in [0, 0.05) is 56.8 Å². The number of amides is 3. The molecule has 2 aromatic carbocycles. The Balaban J connectivity index is 1.52. The van der Waals surface area contributed by atoms with Crippen LogP contribution in [0.4, 0.5) is 5.69 Å². The summed E-state index contributed by atoms with van der Waals surface area (Å²) in [5.41, 5.74) is 2.94. The smallest absolute Gasteiger partial charge is 0.240 e. The third-order valence-corrected chi connectivity index (χ3v) is 7.04. The highest BCUT2D eigenvalue weighted by Gasteiger charge is 2.53. The number of piperazine rings is 1. The first kappa shape index (κ1) is 22.3. The van der Waals surface area contributed by atoms with Crippen LogP contribution >= 0.6 is 11.6 Å². The molecular formula is C25H28ClN3O3. The van der Waals surface area contributed by atoms with E-state index in [0.717, 1.165) is 18.0 Å². The van der Waals surface area contributed by atoms with Crippen LogP contribution < -0.4 is 4.90 Å². The van der Waals surface area contributed by atoms with Gasteiger partial charge >= 0.3 is 0 Å². The minimum atomic E-state index is -1.24. The number of likely N-dealkylation sites (tertiary alicyclic amines) is 1. The molecule has 2 aliphatic heterocycles. The molecule has 168 valence electrons. The zero-order valence-corrected chi connectivity index (χ0v) is 19.5. The van der Waals surface area contributed by atoms with E-state index in [4.69, 9.17) is 11.6 Å². The van der Waals surface area contributed by atoms with Crippen molar-refractivity contribution in [3.8, 4) is 0 Å². The largest absolute Gasteiger partial charge is 0.368 e. The molecule has 7 heteroatoms. The van der Waals surface area contributed by atoms with Crippen molar-refractivity contribution in [3.63, 3.8) is 0 Å². The Kier molecular flexibility index (Phi) is 5.99. The van der Waals surface area contributed by atoms with Gasteiger partial charge in [-0.2, -0.15) is 0 Å². The van der Waals surface area contributed by atoms with Crippen LogP contribution in [0, 0.1) is 13.8 Å². The van der Waals surface area contributed by atoms with Crippen LogP contribution in [-0.2, 0) is 19.8 Å². The molecule has 3 amide bonds. The molecule has 1 atom stereocenters. The predicted molar refractivity (Wildman–Crippen MR) is 125 cm³/mol. The molecule has 0 unspecified atom stereocenters. The minimum Gasteiger partial charge on any atom is -0.368 e. The molecule has 2 aliphatic rings. The summed E-state index contributed by atoms with van der Waals surface area (Å²) < 4.78 is 0. The number of anilines is 1. The first-order valence-electron chi connectivity index (χ1n) is 10.9. The van der Waals surface area contributed by atoms with Crippen LogP contribution in [0.5, 0.6) is 0 Å². The molecule has 0 aromatic heterocycles. The average Bonchev–Trinajstić information content (AvgIpc) is 2.98. The van der Waals surface area contributed by atoms with Crippen LogP contribution in [0.1, 0.15) is 29.5 Å². The van der Waals surface area contributed by atoms with Crippen molar-refractivity contribution >= 4 is 35.0 Å². The van der Waals surface area contributed by atoms with Gasteiger partial charge in [0.15, 0.2) is 0 Å². The Morgan fingerprint density at radius 2 is 1.72 bits per heavy atom. The monoisotopic (exact) mass is 453 g/mol. The Morgan fingerprint density at radius 1 is 1.03 bits per heavy atom. The van der Waals surface area contributed by atoms with Crippen LogP contribution in [0.2, 0.25) is 5.02 Å². The Labute approximate surface area is 193 Å². The molecule has 2 aromatic rings. The number of hydrogen-bond donors (Lipinski definition) is 0. The Hall–Kier alpha value is -2.86. The number of carbonyl (C=O) groups is 3. The lowest BCUT2D eigenvalue weighted by atomic mass is 9.75. The fourth-order valence-electron chi connectivity index (χ4n) is 4.91. The van der Waals surface area contributed by atoms with Crippen LogP contribution in [0.25, 0.3) is 0 Å². The number of likely N-dealkylation sites (N-methyl/N-ethyl adjacent to an activating group) is 1. The van der Waals surface area contributed by atoms with E-state index in [1.165, 1.54) is 23.9 Å². The van der Waals surface area contributed by atoms with E-state index in [-0.39, 0.29) is 30.6 Å². The molecule has 0 bridgehead atoms. The third kappa shape index (κ3) is 3.88. The molecule has 0 radical (unpaired) electrons. The lowest BCUT2D eigenvalue weighted by Gasteiger charge is -2.38. The van der Waals surface area contributed by atoms with Crippen LogP contribution in [0.3, 0.4) is 0 Å². The van der Waals surface area contributed by atoms with Crippen molar-refractivity contribution in [2.45, 2.75) is 32.1 Å². The zero-order chi connectivity index (χ0) is 23.0. The average molecular weight is 454 g/mol. The summed E-state index contributed by atoms with van der Waals surface area (Å²) in [6.07, 6.45) is -0.102. The van der Waals surface area contributed by atoms with Gasteiger partial charge in [-0.15, -0.1) is 0 Å². The lowest BCUT2D eigenvalue weighted by molar-refractivity contribution is -0.141. The summed E-state index contributed by atoms with van der Waals surface area (Å²) in [5.74, 6) is -0.776. The maximum atomic E-state index is 13.3. The second-order valence-electron chi connectivity index (χ2n) is 8.83. The molecule has 6 nitrogen and oxygen atoms in total. The third-order valence-electron chi connectivity index (χ3n) is 6.71. The molecule has 0 spiro atoms. The number of aryl methyl sites for hydroxylation is 2. The fraction of sp³-hybridized carbons (Fsp3) is 0.400. The van der Waals surface area contributed by atoms with E-state index in [2.05, 4.69) is 36.9 Å². The number of imide groups is 1. The van der Waals surface area contributed by atoms with Crippen LogP contribution in [-0.4, -0.2) is 60.7 Å². The predicted octanol–water partition coefficient (Wildman–Crippen LogP) is 3.32. The number of hydrogen-bond acceptors (Lipinski definition) is 4. The molecule has 2 fully saturated rings. The molecular weight excluding hydrogens is 426 g/mol. The summed E-state index contributed by atoms with van der Waals surface area (Å²) >= 11 is 6.42. The maximum absolute atomic E-state index is 13.3. The van der Waals surface area contributed by atoms with Gasteiger partial charge in [0.05, 0.1) is 5.41 Å². The highest BCUT2D eigenvalue weighted by atomic mass is 35.5. The summed E-state index contributed by atoms with van der Waals surface area (Å²) in [6.45, 7) is 6.77. The van der Waals surface area contributed by atoms with Crippen molar-refractivity contribution in [3.05, 3.63) is 64.2 Å². The van der Waals surface area contributed by atoms with Gasteiger partial charge in [-0.3, -0.25) is 19.3 Å². The normalized spacial score (nSPS) is 21.4. The summed E-state index contributed by atoms with van der Waals surface area (Å²) in [4.78, 5) is 44.2.